The summed E-state index contributed by atoms with van der Waals surface area (Å²) in [5, 5.41) is 2.80. The molecule has 0 saturated carbocycles. The molecule has 0 fully saturated rings. The maximum atomic E-state index is 12.2. The van der Waals surface area contributed by atoms with Crippen LogP contribution >= 0.6 is 0 Å². The molecule has 0 aliphatic carbocycles. The standard InChI is InChI=1S/C20H20N2O2.C18H26N2O2.C17H23NO2.C15H16O2/c1-20(2,3)18(23)12-7-14-5-4-6-17(13-14)22-19(24)15-8-10-16(21)11-9-15;1-18(2,3)17(21)9-8-15-6-5-7-16(14-15)22-13-12-20(4)11-10-19;1-17(2,3)16(19)10-9-14-7-6-8-15(13-14)20-12-11-18(4)5;1-11(16)13-7-5-6-12(10-13)8-9-14(17)15(2,3)4/h4-6,8-11,13H,21H2,1-3H3,(H,22,24);5-7,14H,10-13,19H2,1-4H3;6-8,13H,11-12H2,1-5H3;5-7,10H,1-4H3. The second kappa shape index (κ2) is 34.0. The fourth-order valence-electron chi connectivity index (χ4n) is 5.92. The third kappa shape index (κ3) is 29.6. The van der Waals surface area contributed by atoms with Crippen molar-refractivity contribution >= 4 is 46.2 Å². The van der Waals surface area contributed by atoms with Gasteiger partial charge in [-0.2, -0.15) is 0 Å². The minimum atomic E-state index is -0.492. The van der Waals surface area contributed by atoms with E-state index in [2.05, 4.69) is 62.5 Å². The van der Waals surface area contributed by atoms with Gasteiger partial charge in [0, 0.05) is 92.6 Å². The number of rotatable bonds is 13. The zero-order valence-electron chi connectivity index (χ0n) is 51.6. The predicted molar refractivity (Wildman–Crippen MR) is 336 cm³/mol. The van der Waals surface area contributed by atoms with Crippen LogP contribution in [-0.4, -0.2) is 105 Å². The number of Topliss-reactive ketones (excluding diaryl/α,β-unsaturated/α-hetero) is 5. The summed E-state index contributed by atoms with van der Waals surface area (Å²) in [4.78, 5) is 74.6. The highest BCUT2D eigenvalue weighted by molar-refractivity contribution is 6.05. The van der Waals surface area contributed by atoms with Crippen molar-refractivity contribution < 1.29 is 38.2 Å². The lowest BCUT2D eigenvalue weighted by atomic mass is 9.91. The van der Waals surface area contributed by atoms with Crippen LogP contribution in [0.25, 0.3) is 0 Å². The van der Waals surface area contributed by atoms with E-state index in [9.17, 15) is 28.8 Å². The molecular weight excluding hydrogens is 1040 g/mol. The van der Waals surface area contributed by atoms with E-state index in [0.717, 1.165) is 42.3 Å². The Hall–Kier alpha value is -8.56. The molecule has 1 amide bonds. The van der Waals surface area contributed by atoms with E-state index < -0.39 is 21.7 Å². The summed E-state index contributed by atoms with van der Waals surface area (Å²) in [6, 6.07) is 35.8. The molecule has 5 aromatic rings. The number of carbonyl (C=O) groups is 6. The molecule has 83 heavy (non-hydrogen) atoms. The number of carbonyl (C=O) groups excluding carboxylic acids is 6. The van der Waals surface area contributed by atoms with Crippen molar-refractivity contribution in [1.82, 2.24) is 9.80 Å². The van der Waals surface area contributed by atoms with Crippen LogP contribution in [0.5, 0.6) is 11.5 Å². The first kappa shape index (κ1) is 70.5. The van der Waals surface area contributed by atoms with Crippen LogP contribution < -0.4 is 26.3 Å². The van der Waals surface area contributed by atoms with Crippen LogP contribution in [0.15, 0.2) is 121 Å². The summed E-state index contributed by atoms with van der Waals surface area (Å²) < 4.78 is 11.3. The number of anilines is 2. The average Bonchev–Trinajstić information content (AvgIpc) is 3.45. The molecule has 438 valence electrons. The molecule has 0 heterocycles. The van der Waals surface area contributed by atoms with Crippen molar-refractivity contribution in [2.45, 2.75) is 90.0 Å². The Bertz CT molecular complexity index is 3260. The quantitative estimate of drug-likeness (QED) is 0.0575. The zero-order chi connectivity index (χ0) is 62.6. The minimum Gasteiger partial charge on any atom is -0.492 e. The number of ketones is 5. The van der Waals surface area contributed by atoms with Gasteiger partial charge in [0.05, 0.1) is 0 Å². The van der Waals surface area contributed by atoms with Crippen molar-refractivity contribution in [3.8, 4) is 58.9 Å². The zero-order valence-corrected chi connectivity index (χ0v) is 51.6. The van der Waals surface area contributed by atoms with Crippen LogP contribution in [0.3, 0.4) is 0 Å². The van der Waals surface area contributed by atoms with E-state index in [1.54, 1.807) is 72.8 Å². The molecule has 13 nitrogen and oxygen atoms in total. The van der Waals surface area contributed by atoms with Crippen LogP contribution in [0.4, 0.5) is 11.4 Å². The van der Waals surface area contributed by atoms with Crippen LogP contribution in [-0.2, 0) is 19.2 Å². The molecule has 5 aromatic carbocycles. The lowest BCUT2D eigenvalue weighted by molar-refractivity contribution is -0.121. The van der Waals surface area contributed by atoms with Crippen LogP contribution in [0, 0.1) is 69.0 Å². The molecule has 0 unspecified atom stereocenters. The molecule has 0 bridgehead atoms. The molecule has 0 atom stereocenters. The number of ether oxygens (including phenoxy) is 2. The smallest absolute Gasteiger partial charge is 0.255 e. The monoisotopic (exact) mass is 1120 g/mol. The lowest BCUT2D eigenvalue weighted by Gasteiger charge is -2.15. The van der Waals surface area contributed by atoms with Gasteiger partial charge in [-0.25, -0.2) is 0 Å². The number of benzene rings is 5. The Morgan fingerprint density at radius 3 is 1.23 bits per heavy atom. The van der Waals surface area contributed by atoms with Crippen molar-refractivity contribution in [1.29, 1.82) is 0 Å². The number of hydrogen-bond donors (Lipinski definition) is 3. The summed E-state index contributed by atoms with van der Waals surface area (Å²) in [6.07, 6.45) is 0. The molecule has 0 aromatic heterocycles. The van der Waals surface area contributed by atoms with Crippen molar-refractivity contribution in [2.24, 2.45) is 27.4 Å². The van der Waals surface area contributed by atoms with Crippen molar-refractivity contribution in [2.75, 3.05) is 71.6 Å². The normalized spacial score (nSPS) is 10.7. The fraction of sp³-hybridized carbons (Fsp3) is 0.371. The number of nitrogens with zero attached hydrogens (tertiary/aromatic N) is 2. The number of nitrogens with two attached hydrogens (primary N) is 2. The SMILES string of the molecule is CC(=O)c1cccc(C#CC(=O)C(C)(C)C)c1.CC(C)(C)C(=O)C#Cc1cccc(NC(=O)c2ccc(N)cc2)c1.CN(C)CCOc1cccc(C#CC(=O)C(C)(C)C)c1.CN(CCN)CCOc1cccc(C#CC(=O)C(C)(C)C)c1. The van der Waals surface area contributed by atoms with E-state index in [-0.39, 0.29) is 34.8 Å². The Morgan fingerprint density at radius 2 is 0.843 bits per heavy atom. The Labute approximate surface area is 494 Å². The summed E-state index contributed by atoms with van der Waals surface area (Å²) >= 11 is 0. The number of amides is 1. The van der Waals surface area contributed by atoms with Gasteiger partial charge >= 0.3 is 0 Å². The summed E-state index contributed by atoms with van der Waals surface area (Å²) in [6.45, 7) is 28.0. The van der Waals surface area contributed by atoms with Gasteiger partial charge in [0.15, 0.2) is 5.78 Å². The highest BCUT2D eigenvalue weighted by Gasteiger charge is 2.21. The largest absolute Gasteiger partial charge is 0.492 e. The maximum absolute atomic E-state index is 12.2. The molecular formula is C70H85N5O8. The number of nitrogen functional groups attached to an aromatic ring is 1. The number of likely N-dealkylation sites (N-methyl/N-ethyl adjacent to an activating group) is 2. The lowest BCUT2D eigenvalue weighted by Crippen LogP contribution is -2.29. The Kier molecular flexibility index (Phi) is 28.9. The van der Waals surface area contributed by atoms with Gasteiger partial charge in [0.2, 0.25) is 23.1 Å². The highest BCUT2D eigenvalue weighted by atomic mass is 16.5. The average molecular weight is 1120 g/mol. The maximum Gasteiger partial charge on any atom is 0.255 e. The van der Waals surface area contributed by atoms with Gasteiger partial charge in [-0.05, 0) is 143 Å². The van der Waals surface area contributed by atoms with E-state index in [0.29, 0.717) is 53.4 Å². The fourth-order valence-corrected chi connectivity index (χ4v) is 5.92. The molecule has 5 rings (SSSR count). The first-order chi connectivity index (χ1) is 38.7. The van der Waals surface area contributed by atoms with Gasteiger partial charge in [-0.15, -0.1) is 0 Å². The van der Waals surface area contributed by atoms with Crippen molar-refractivity contribution in [3.05, 3.63) is 155 Å². The highest BCUT2D eigenvalue weighted by Crippen LogP contribution is 2.19. The van der Waals surface area contributed by atoms with Crippen LogP contribution in [0.2, 0.25) is 0 Å². The van der Waals surface area contributed by atoms with Gasteiger partial charge < -0.3 is 36.1 Å². The van der Waals surface area contributed by atoms with Crippen LogP contribution in [0.1, 0.15) is 133 Å². The summed E-state index contributed by atoms with van der Waals surface area (Å²) in [5.74, 6) is 23.0. The van der Waals surface area contributed by atoms with E-state index in [4.69, 9.17) is 20.9 Å². The molecule has 0 aliphatic heterocycles. The van der Waals surface area contributed by atoms with Crippen molar-refractivity contribution in [3.63, 3.8) is 0 Å². The third-order valence-corrected chi connectivity index (χ3v) is 11.3. The molecule has 0 radical (unpaired) electrons. The topological polar surface area (TPSA) is 191 Å². The second-order valence-electron chi connectivity index (χ2n) is 23.8. The first-order valence-corrected chi connectivity index (χ1v) is 27.3. The molecule has 0 saturated heterocycles. The van der Waals surface area contributed by atoms with Gasteiger partial charge in [0.25, 0.3) is 5.91 Å². The van der Waals surface area contributed by atoms with E-state index >= 15 is 0 Å². The molecule has 0 spiro atoms. The Morgan fingerprint density at radius 1 is 0.470 bits per heavy atom. The minimum absolute atomic E-state index is 0.00389. The van der Waals surface area contributed by atoms with Gasteiger partial charge in [-0.1, -0.05) is 137 Å². The molecule has 5 N–H and O–H groups in total. The molecule has 0 aliphatic rings. The first-order valence-electron chi connectivity index (χ1n) is 27.3. The van der Waals surface area contributed by atoms with E-state index in [1.807, 2.05) is 153 Å². The predicted octanol–water partition coefficient (Wildman–Crippen LogP) is 10.9. The van der Waals surface area contributed by atoms with Gasteiger partial charge in [0.1, 0.15) is 24.7 Å². The summed E-state index contributed by atoms with van der Waals surface area (Å²) in [5.41, 5.74) is 14.6. The Balaban J connectivity index is 0.000000381. The number of hydrogen-bond acceptors (Lipinski definition) is 12. The number of nitrogens with one attached hydrogen (secondary N) is 1. The molecule has 13 heteroatoms. The second-order valence-corrected chi connectivity index (χ2v) is 23.8. The summed E-state index contributed by atoms with van der Waals surface area (Å²) in [7, 11) is 6.02. The van der Waals surface area contributed by atoms with Gasteiger partial charge in [-0.3, -0.25) is 28.8 Å². The van der Waals surface area contributed by atoms with E-state index in [1.165, 1.54) is 6.92 Å². The third-order valence-electron chi connectivity index (χ3n) is 11.3.